The Morgan fingerprint density at radius 3 is 2.16 bits per heavy atom. The van der Waals surface area contributed by atoms with E-state index in [2.05, 4.69) is 16.0 Å². The maximum atomic E-state index is 13.1. The second kappa shape index (κ2) is 10.8. The molecule has 0 aromatic heterocycles. The number of rotatable bonds is 8. The highest BCUT2D eigenvalue weighted by Gasteiger charge is 2.29. The molecule has 2 aromatic carbocycles. The van der Waals surface area contributed by atoms with Crippen LogP contribution in [-0.2, 0) is 4.79 Å². The van der Waals surface area contributed by atoms with Crippen molar-refractivity contribution in [1.82, 2.24) is 10.6 Å². The lowest BCUT2D eigenvalue weighted by molar-refractivity contribution is -0.125. The van der Waals surface area contributed by atoms with E-state index in [9.17, 15) is 14.4 Å². The first-order valence-electron chi connectivity index (χ1n) is 10.7. The molecule has 0 saturated carbocycles. The van der Waals surface area contributed by atoms with Gasteiger partial charge in [0, 0.05) is 11.1 Å². The van der Waals surface area contributed by atoms with Crippen LogP contribution in [0.1, 0.15) is 61.8 Å². The topological polar surface area (TPSA) is 96.5 Å². The van der Waals surface area contributed by atoms with Crippen molar-refractivity contribution in [3.05, 3.63) is 59.7 Å². The van der Waals surface area contributed by atoms with E-state index in [1.54, 1.807) is 55.6 Å². The van der Waals surface area contributed by atoms with Gasteiger partial charge in [0.1, 0.15) is 11.8 Å². The second-order valence-corrected chi connectivity index (χ2v) is 8.80. The van der Waals surface area contributed by atoms with Crippen LogP contribution in [-0.4, -0.2) is 36.4 Å². The summed E-state index contributed by atoms with van der Waals surface area (Å²) in [6.07, 6.45) is 0.721. The number of anilines is 1. The predicted octanol–water partition coefficient (Wildman–Crippen LogP) is 4.01. The van der Waals surface area contributed by atoms with E-state index in [1.165, 1.54) is 0 Å². The highest BCUT2D eigenvalue weighted by molar-refractivity contribution is 6.09. The van der Waals surface area contributed by atoms with Crippen molar-refractivity contribution in [2.24, 2.45) is 5.92 Å². The first-order valence-corrected chi connectivity index (χ1v) is 10.7. The quantitative estimate of drug-likeness (QED) is 0.579. The Bertz CT molecular complexity index is 948. The number of ether oxygens (including phenoxy) is 1. The zero-order valence-electron chi connectivity index (χ0n) is 19.6. The van der Waals surface area contributed by atoms with E-state index in [4.69, 9.17) is 4.74 Å². The summed E-state index contributed by atoms with van der Waals surface area (Å²) in [5.74, 6) is -0.435. The lowest BCUT2D eigenvalue weighted by Crippen LogP contribution is -2.54. The number of carbonyl (C=O) groups excluding carboxylic acids is 3. The molecule has 3 N–H and O–H groups in total. The average Bonchev–Trinajstić information content (AvgIpc) is 2.75. The molecule has 0 saturated heterocycles. The van der Waals surface area contributed by atoms with Gasteiger partial charge in [0.05, 0.1) is 18.4 Å². The standard InChI is InChI=1S/C25H33N3O4/c1-7-16(2)21(24(31)28-25(3,4)5)27-23(30)19-10-8-9-11-20(19)26-22(29)17-12-14-18(32-6)15-13-17/h8-16,21H,7H2,1-6H3,(H,26,29)(H,27,30)(H,28,31)/t16-,21+/m0/s1. The van der Waals surface area contributed by atoms with Gasteiger partial charge < -0.3 is 20.7 Å². The molecule has 7 heteroatoms. The molecule has 2 rings (SSSR count). The monoisotopic (exact) mass is 439 g/mol. The van der Waals surface area contributed by atoms with Gasteiger partial charge in [0.25, 0.3) is 11.8 Å². The van der Waals surface area contributed by atoms with Crippen LogP contribution in [0.5, 0.6) is 5.75 Å². The Kier molecular flexibility index (Phi) is 8.41. The summed E-state index contributed by atoms with van der Waals surface area (Å²) >= 11 is 0. The summed E-state index contributed by atoms with van der Waals surface area (Å²) in [5.41, 5.74) is 0.664. The van der Waals surface area contributed by atoms with Crippen molar-refractivity contribution in [3.63, 3.8) is 0 Å². The minimum absolute atomic E-state index is 0.0673. The van der Waals surface area contributed by atoms with Crippen molar-refractivity contribution in [2.75, 3.05) is 12.4 Å². The van der Waals surface area contributed by atoms with Gasteiger partial charge in [-0.1, -0.05) is 32.4 Å². The molecule has 0 bridgehead atoms. The van der Waals surface area contributed by atoms with Crippen molar-refractivity contribution in [1.29, 1.82) is 0 Å². The van der Waals surface area contributed by atoms with Crippen LogP contribution in [0.4, 0.5) is 5.69 Å². The summed E-state index contributed by atoms with van der Waals surface area (Å²) in [7, 11) is 1.55. The third-order valence-electron chi connectivity index (χ3n) is 5.05. The number of methoxy groups -OCH3 is 1. The molecule has 0 aliphatic rings. The van der Waals surface area contributed by atoms with Gasteiger partial charge in [0.15, 0.2) is 0 Å². The summed E-state index contributed by atoms with van der Waals surface area (Å²) in [4.78, 5) is 38.6. The molecule has 0 aliphatic carbocycles. The first kappa shape index (κ1) is 24.9. The molecule has 0 aliphatic heterocycles. The van der Waals surface area contributed by atoms with Crippen LogP contribution in [0, 0.1) is 5.92 Å². The number of carbonyl (C=O) groups is 3. The molecule has 0 fully saturated rings. The lowest BCUT2D eigenvalue weighted by atomic mass is 9.96. The van der Waals surface area contributed by atoms with Crippen LogP contribution in [0.25, 0.3) is 0 Å². The third-order valence-corrected chi connectivity index (χ3v) is 5.05. The fourth-order valence-corrected chi connectivity index (χ4v) is 3.10. The fourth-order valence-electron chi connectivity index (χ4n) is 3.10. The van der Waals surface area contributed by atoms with E-state index >= 15 is 0 Å². The Labute approximate surface area is 189 Å². The SMILES string of the molecule is CC[C@H](C)[C@@H](NC(=O)c1ccccc1NC(=O)c1ccc(OC)cc1)C(=O)NC(C)(C)C. The van der Waals surface area contributed by atoms with E-state index < -0.39 is 17.5 Å². The van der Waals surface area contributed by atoms with Gasteiger partial charge in [-0.25, -0.2) is 0 Å². The summed E-state index contributed by atoms with van der Waals surface area (Å²) in [6, 6.07) is 12.7. The molecule has 3 amide bonds. The van der Waals surface area contributed by atoms with Crippen LogP contribution >= 0.6 is 0 Å². The lowest BCUT2D eigenvalue weighted by Gasteiger charge is -2.28. The van der Waals surface area contributed by atoms with Crippen molar-refractivity contribution in [2.45, 2.75) is 52.6 Å². The molecule has 0 spiro atoms. The molecular formula is C25H33N3O4. The smallest absolute Gasteiger partial charge is 0.255 e. The zero-order chi connectivity index (χ0) is 23.9. The van der Waals surface area contributed by atoms with Gasteiger partial charge >= 0.3 is 0 Å². The maximum absolute atomic E-state index is 13.1. The number of hydrogen-bond acceptors (Lipinski definition) is 4. The number of nitrogens with one attached hydrogen (secondary N) is 3. The largest absolute Gasteiger partial charge is 0.497 e. The molecule has 0 heterocycles. The number of amides is 3. The summed E-state index contributed by atoms with van der Waals surface area (Å²) < 4.78 is 5.12. The van der Waals surface area contributed by atoms with Crippen LogP contribution in [0.2, 0.25) is 0 Å². The van der Waals surface area contributed by atoms with Crippen molar-refractivity contribution >= 4 is 23.4 Å². The van der Waals surface area contributed by atoms with E-state index in [0.717, 1.165) is 6.42 Å². The molecular weight excluding hydrogens is 406 g/mol. The molecule has 172 valence electrons. The first-order chi connectivity index (χ1) is 15.1. The molecule has 2 atom stereocenters. The van der Waals surface area contributed by atoms with Crippen LogP contribution in [0.15, 0.2) is 48.5 Å². The highest BCUT2D eigenvalue weighted by atomic mass is 16.5. The molecule has 7 nitrogen and oxygen atoms in total. The van der Waals surface area contributed by atoms with Crippen LogP contribution in [0.3, 0.4) is 0 Å². The maximum Gasteiger partial charge on any atom is 0.255 e. The minimum Gasteiger partial charge on any atom is -0.497 e. The number of hydrogen-bond donors (Lipinski definition) is 3. The molecule has 2 aromatic rings. The van der Waals surface area contributed by atoms with Crippen molar-refractivity contribution < 1.29 is 19.1 Å². The number of para-hydroxylation sites is 1. The zero-order valence-corrected chi connectivity index (χ0v) is 19.6. The van der Waals surface area contributed by atoms with Gasteiger partial charge in [-0.3, -0.25) is 14.4 Å². The van der Waals surface area contributed by atoms with Gasteiger partial charge in [-0.15, -0.1) is 0 Å². The highest BCUT2D eigenvalue weighted by Crippen LogP contribution is 2.19. The average molecular weight is 440 g/mol. The predicted molar refractivity (Wildman–Crippen MR) is 126 cm³/mol. The van der Waals surface area contributed by atoms with Crippen LogP contribution < -0.4 is 20.7 Å². The Morgan fingerprint density at radius 1 is 0.969 bits per heavy atom. The Morgan fingerprint density at radius 2 is 1.59 bits per heavy atom. The fraction of sp³-hybridized carbons (Fsp3) is 0.400. The molecule has 0 radical (unpaired) electrons. The molecule has 0 unspecified atom stereocenters. The minimum atomic E-state index is -0.697. The van der Waals surface area contributed by atoms with Crippen molar-refractivity contribution in [3.8, 4) is 5.75 Å². The normalized spacial score (nSPS) is 12.9. The van der Waals surface area contributed by atoms with Gasteiger partial charge in [-0.2, -0.15) is 0 Å². The van der Waals surface area contributed by atoms with Gasteiger partial charge in [0.2, 0.25) is 5.91 Å². The van der Waals surface area contributed by atoms with E-state index in [-0.39, 0.29) is 23.3 Å². The summed E-state index contributed by atoms with van der Waals surface area (Å²) in [6.45, 7) is 9.57. The van der Waals surface area contributed by atoms with Gasteiger partial charge in [-0.05, 0) is 63.1 Å². The van der Waals surface area contributed by atoms with E-state index in [0.29, 0.717) is 17.0 Å². The third kappa shape index (κ3) is 6.83. The Balaban J connectivity index is 2.22. The van der Waals surface area contributed by atoms with E-state index in [1.807, 2.05) is 34.6 Å². The Hall–Kier alpha value is -3.35. The summed E-state index contributed by atoms with van der Waals surface area (Å²) in [5, 5.41) is 8.58. The second-order valence-electron chi connectivity index (χ2n) is 8.80. The number of benzene rings is 2. The molecule has 32 heavy (non-hydrogen) atoms.